The molecular formula is C9H14O3. The number of ketones is 1. The van der Waals surface area contributed by atoms with Crippen molar-refractivity contribution in [2.45, 2.75) is 20.3 Å². The number of methoxy groups -OCH3 is 1. The molecule has 0 N–H and O–H groups in total. The van der Waals surface area contributed by atoms with Gasteiger partial charge in [-0.3, -0.25) is 9.59 Å². The van der Waals surface area contributed by atoms with Crippen molar-refractivity contribution in [2.24, 2.45) is 5.92 Å². The SMILES string of the molecule is COC(=O)C(C)C/C=C/C(C)=O. The summed E-state index contributed by atoms with van der Waals surface area (Å²) in [6.45, 7) is 3.23. The predicted molar refractivity (Wildman–Crippen MR) is 45.6 cm³/mol. The summed E-state index contributed by atoms with van der Waals surface area (Å²) < 4.78 is 4.51. The maximum Gasteiger partial charge on any atom is 0.308 e. The Morgan fingerprint density at radius 2 is 2.08 bits per heavy atom. The molecule has 0 rings (SSSR count). The van der Waals surface area contributed by atoms with Crippen LogP contribution in [0.1, 0.15) is 20.3 Å². The van der Waals surface area contributed by atoms with E-state index in [4.69, 9.17) is 0 Å². The first-order valence-corrected chi connectivity index (χ1v) is 3.83. The van der Waals surface area contributed by atoms with Crippen LogP contribution in [0.25, 0.3) is 0 Å². The molecule has 0 aliphatic heterocycles. The smallest absolute Gasteiger partial charge is 0.308 e. The number of hydrogen-bond acceptors (Lipinski definition) is 3. The zero-order chi connectivity index (χ0) is 9.56. The topological polar surface area (TPSA) is 43.4 Å². The molecule has 0 fully saturated rings. The lowest BCUT2D eigenvalue weighted by atomic mass is 10.1. The van der Waals surface area contributed by atoms with E-state index in [2.05, 4.69) is 4.74 Å². The Hall–Kier alpha value is -1.12. The molecule has 0 aromatic heterocycles. The minimum Gasteiger partial charge on any atom is -0.469 e. The van der Waals surface area contributed by atoms with E-state index in [0.29, 0.717) is 6.42 Å². The molecule has 3 nitrogen and oxygen atoms in total. The highest BCUT2D eigenvalue weighted by Gasteiger charge is 2.10. The average Bonchev–Trinajstić information content (AvgIpc) is 2.02. The van der Waals surface area contributed by atoms with Gasteiger partial charge in [-0.25, -0.2) is 0 Å². The molecule has 0 heterocycles. The van der Waals surface area contributed by atoms with Gasteiger partial charge in [0.1, 0.15) is 0 Å². The van der Waals surface area contributed by atoms with Crippen molar-refractivity contribution in [3.63, 3.8) is 0 Å². The lowest BCUT2D eigenvalue weighted by Gasteiger charge is -2.04. The van der Waals surface area contributed by atoms with Gasteiger partial charge in [0.25, 0.3) is 0 Å². The van der Waals surface area contributed by atoms with Crippen molar-refractivity contribution in [2.75, 3.05) is 7.11 Å². The van der Waals surface area contributed by atoms with E-state index in [1.165, 1.54) is 20.1 Å². The van der Waals surface area contributed by atoms with Gasteiger partial charge in [-0.2, -0.15) is 0 Å². The zero-order valence-corrected chi connectivity index (χ0v) is 7.66. The quantitative estimate of drug-likeness (QED) is 0.472. The lowest BCUT2D eigenvalue weighted by molar-refractivity contribution is -0.144. The molecule has 68 valence electrons. The molecular weight excluding hydrogens is 156 g/mol. The molecule has 0 spiro atoms. The number of hydrogen-bond donors (Lipinski definition) is 0. The Balaban J connectivity index is 3.78. The van der Waals surface area contributed by atoms with Crippen LogP contribution < -0.4 is 0 Å². The summed E-state index contributed by atoms with van der Waals surface area (Å²) in [5.41, 5.74) is 0. The molecule has 0 aromatic rings. The van der Waals surface area contributed by atoms with Crippen LogP contribution in [0.2, 0.25) is 0 Å². The van der Waals surface area contributed by atoms with Crippen LogP contribution in [0.3, 0.4) is 0 Å². The van der Waals surface area contributed by atoms with E-state index < -0.39 is 0 Å². The molecule has 3 heteroatoms. The number of rotatable bonds is 4. The van der Waals surface area contributed by atoms with Gasteiger partial charge in [0.05, 0.1) is 13.0 Å². The molecule has 1 atom stereocenters. The average molecular weight is 170 g/mol. The summed E-state index contributed by atoms with van der Waals surface area (Å²) in [5.74, 6) is -0.430. The van der Waals surface area contributed by atoms with Gasteiger partial charge in [-0.05, 0) is 19.4 Å². The molecule has 0 bridgehead atoms. The maximum absolute atomic E-state index is 10.8. The predicted octanol–water partition coefficient (Wildman–Crippen LogP) is 1.33. The minimum absolute atomic E-state index is 0.00735. The van der Waals surface area contributed by atoms with Crippen molar-refractivity contribution >= 4 is 11.8 Å². The highest BCUT2D eigenvalue weighted by molar-refractivity contribution is 5.87. The molecule has 0 aliphatic rings. The van der Waals surface area contributed by atoms with E-state index >= 15 is 0 Å². The third-order valence-electron chi connectivity index (χ3n) is 1.45. The van der Waals surface area contributed by atoms with E-state index in [1.54, 1.807) is 13.0 Å². The van der Waals surface area contributed by atoms with E-state index in [1.807, 2.05) is 0 Å². The second kappa shape index (κ2) is 5.52. The Morgan fingerprint density at radius 1 is 1.50 bits per heavy atom. The lowest BCUT2D eigenvalue weighted by Crippen LogP contribution is -2.11. The Labute approximate surface area is 72.4 Å². The summed E-state index contributed by atoms with van der Waals surface area (Å²) in [6.07, 6.45) is 3.69. The molecule has 1 unspecified atom stereocenters. The van der Waals surface area contributed by atoms with Crippen LogP contribution in [0.15, 0.2) is 12.2 Å². The summed E-state index contributed by atoms with van der Waals surface area (Å²) in [7, 11) is 1.35. The van der Waals surface area contributed by atoms with Gasteiger partial charge < -0.3 is 4.74 Å². The Bertz CT molecular complexity index is 194. The van der Waals surface area contributed by atoms with Crippen LogP contribution in [-0.4, -0.2) is 18.9 Å². The van der Waals surface area contributed by atoms with Crippen molar-refractivity contribution in [3.05, 3.63) is 12.2 Å². The van der Waals surface area contributed by atoms with Crippen molar-refractivity contribution in [1.29, 1.82) is 0 Å². The largest absolute Gasteiger partial charge is 0.469 e. The van der Waals surface area contributed by atoms with E-state index in [9.17, 15) is 9.59 Å². The normalized spacial score (nSPS) is 12.9. The fourth-order valence-electron chi connectivity index (χ4n) is 0.736. The molecule has 0 saturated heterocycles. The van der Waals surface area contributed by atoms with E-state index in [-0.39, 0.29) is 17.7 Å². The fraction of sp³-hybridized carbons (Fsp3) is 0.556. The van der Waals surface area contributed by atoms with Crippen molar-refractivity contribution < 1.29 is 14.3 Å². The van der Waals surface area contributed by atoms with Crippen LogP contribution in [-0.2, 0) is 14.3 Å². The molecule has 0 radical (unpaired) electrons. The highest BCUT2D eigenvalue weighted by Crippen LogP contribution is 2.04. The first kappa shape index (κ1) is 10.9. The Morgan fingerprint density at radius 3 is 2.50 bits per heavy atom. The molecule has 0 amide bonds. The van der Waals surface area contributed by atoms with Crippen molar-refractivity contribution in [1.82, 2.24) is 0 Å². The monoisotopic (exact) mass is 170 g/mol. The fourth-order valence-corrected chi connectivity index (χ4v) is 0.736. The van der Waals surface area contributed by atoms with Crippen molar-refractivity contribution in [3.8, 4) is 0 Å². The minimum atomic E-state index is -0.247. The summed E-state index contributed by atoms with van der Waals surface area (Å²) in [4.78, 5) is 21.3. The number of allylic oxidation sites excluding steroid dienone is 2. The first-order valence-electron chi connectivity index (χ1n) is 3.83. The second-order valence-corrected chi connectivity index (χ2v) is 2.67. The summed E-state index contributed by atoms with van der Waals surface area (Å²) in [6, 6.07) is 0. The molecule has 0 saturated carbocycles. The standard InChI is InChI=1S/C9H14O3/c1-7(9(11)12-3)5-4-6-8(2)10/h4,6-7H,5H2,1-3H3/b6-4+. The van der Waals surface area contributed by atoms with Gasteiger partial charge in [-0.15, -0.1) is 0 Å². The van der Waals surface area contributed by atoms with Gasteiger partial charge in [0.2, 0.25) is 0 Å². The number of esters is 1. The summed E-state index contributed by atoms with van der Waals surface area (Å²) >= 11 is 0. The molecule has 0 aromatic carbocycles. The number of carbonyl (C=O) groups excluding carboxylic acids is 2. The van der Waals surface area contributed by atoms with E-state index in [0.717, 1.165) is 0 Å². The Kier molecular flexibility index (Phi) is 5.00. The van der Waals surface area contributed by atoms with Gasteiger partial charge in [0.15, 0.2) is 5.78 Å². The third-order valence-corrected chi connectivity index (χ3v) is 1.45. The third kappa shape index (κ3) is 4.66. The molecule has 12 heavy (non-hydrogen) atoms. The number of carbonyl (C=O) groups is 2. The highest BCUT2D eigenvalue weighted by atomic mass is 16.5. The molecule has 0 aliphatic carbocycles. The first-order chi connectivity index (χ1) is 5.57. The zero-order valence-electron chi connectivity index (χ0n) is 7.66. The van der Waals surface area contributed by atoms with Crippen LogP contribution >= 0.6 is 0 Å². The van der Waals surface area contributed by atoms with Gasteiger partial charge >= 0.3 is 5.97 Å². The number of ether oxygens (including phenoxy) is 1. The van der Waals surface area contributed by atoms with Crippen LogP contribution in [0.5, 0.6) is 0 Å². The van der Waals surface area contributed by atoms with Gasteiger partial charge in [0, 0.05) is 0 Å². The van der Waals surface area contributed by atoms with Gasteiger partial charge in [-0.1, -0.05) is 13.0 Å². The second-order valence-electron chi connectivity index (χ2n) is 2.67. The van der Waals surface area contributed by atoms with Crippen LogP contribution in [0, 0.1) is 5.92 Å². The van der Waals surface area contributed by atoms with Crippen LogP contribution in [0.4, 0.5) is 0 Å². The summed E-state index contributed by atoms with van der Waals surface area (Å²) in [5, 5.41) is 0. The maximum atomic E-state index is 10.8.